The van der Waals surface area contributed by atoms with Crippen molar-refractivity contribution in [1.82, 2.24) is 15.6 Å². The highest BCUT2D eigenvalue weighted by Crippen LogP contribution is 2.08. The van der Waals surface area contributed by atoms with Gasteiger partial charge in [0.2, 0.25) is 5.89 Å². The van der Waals surface area contributed by atoms with Crippen LogP contribution in [0, 0.1) is 19.8 Å². The van der Waals surface area contributed by atoms with Crippen molar-refractivity contribution in [3.05, 3.63) is 17.3 Å². The minimum Gasteiger partial charge on any atom is -0.481 e. The van der Waals surface area contributed by atoms with Crippen molar-refractivity contribution in [1.29, 1.82) is 0 Å². The zero-order valence-electron chi connectivity index (χ0n) is 12.2. The molecule has 1 aromatic rings. The van der Waals surface area contributed by atoms with Gasteiger partial charge in [-0.05, 0) is 19.8 Å². The lowest BCUT2D eigenvalue weighted by Gasteiger charge is -2.20. The first-order valence-corrected chi connectivity index (χ1v) is 6.48. The van der Waals surface area contributed by atoms with Gasteiger partial charge in [0.15, 0.2) is 0 Å². The second-order valence-corrected chi connectivity index (χ2v) is 5.02. The highest BCUT2D eigenvalue weighted by Gasteiger charge is 2.19. The summed E-state index contributed by atoms with van der Waals surface area (Å²) in [4.78, 5) is 26.6. The number of nitrogens with one attached hydrogen (secondary N) is 2. The molecule has 2 amide bonds. The summed E-state index contributed by atoms with van der Waals surface area (Å²) in [6, 6.07) is -0.848. The molecule has 0 spiro atoms. The van der Waals surface area contributed by atoms with E-state index in [0.29, 0.717) is 11.7 Å². The summed E-state index contributed by atoms with van der Waals surface area (Å²) >= 11 is 0. The zero-order chi connectivity index (χ0) is 15.3. The number of urea groups is 1. The average Bonchev–Trinajstić information content (AvgIpc) is 2.65. The van der Waals surface area contributed by atoms with Gasteiger partial charge in [-0.15, -0.1) is 0 Å². The lowest BCUT2D eigenvalue weighted by molar-refractivity contribution is -0.137. The lowest BCUT2D eigenvalue weighted by Crippen LogP contribution is -2.45. The molecule has 0 radical (unpaired) electrons. The number of hydrogen-bond acceptors (Lipinski definition) is 4. The van der Waals surface area contributed by atoms with Crippen molar-refractivity contribution in [2.24, 2.45) is 5.92 Å². The van der Waals surface area contributed by atoms with Gasteiger partial charge < -0.3 is 20.2 Å². The topological polar surface area (TPSA) is 104 Å². The van der Waals surface area contributed by atoms with E-state index in [9.17, 15) is 9.59 Å². The third kappa shape index (κ3) is 4.91. The Morgan fingerprint density at radius 2 is 2.00 bits per heavy atom. The molecule has 112 valence electrons. The maximum atomic E-state index is 11.7. The molecule has 7 nitrogen and oxygen atoms in total. The van der Waals surface area contributed by atoms with Gasteiger partial charge in [0.1, 0.15) is 5.76 Å². The van der Waals surface area contributed by atoms with Crippen molar-refractivity contribution in [3.8, 4) is 0 Å². The van der Waals surface area contributed by atoms with E-state index in [1.54, 1.807) is 6.92 Å². The summed E-state index contributed by atoms with van der Waals surface area (Å²) in [6.07, 6.45) is -0.109. The van der Waals surface area contributed by atoms with Crippen molar-refractivity contribution in [3.63, 3.8) is 0 Å². The molecular formula is C13H21N3O4. The van der Waals surface area contributed by atoms with Gasteiger partial charge in [-0.3, -0.25) is 4.79 Å². The number of carbonyl (C=O) groups excluding carboxylic acids is 1. The molecule has 1 heterocycles. The Labute approximate surface area is 117 Å². The van der Waals surface area contributed by atoms with Crippen LogP contribution < -0.4 is 10.6 Å². The number of carboxylic acid groups (broad SMARTS) is 1. The predicted molar refractivity (Wildman–Crippen MR) is 72.2 cm³/mol. The fourth-order valence-corrected chi connectivity index (χ4v) is 1.63. The summed E-state index contributed by atoms with van der Waals surface area (Å²) < 4.78 is 5.33. The van der Waals surface area contributed by atoms with Gasteiger partial charge in [-0.1, -0.05) is 13.8 Å². The first-order chi connectivity index (χ1) is 9.29. The highest BCUT2D eigenvalue weighted by atomic mass is 16.4. The third-order valence-electron chi connectivity index (χ3n) is 2.99. The van der Waals surface area contributed by atoms with Crippen LogP contribution in [0.1, 0.15) is 37.6 Å². The second kappa shape index (κ2) is 6.93. The first-order valence-electron chi connectivity index (χ1n) is 6.48. The van der Waals surface area contributed by atoms with Crippen LogP contribution in [0.15, 0.2) is 4.42 Å². The van der Waals surface area contributed by atoms with Crippen LogP contribution in [0.3, 0.4) is 0 Å². The summed E-state index contributed by atoms with van der Waals surface area (Å²) in [5.41, 5.74) is 0.785. The van der Waals surface area contributed by atoms with E-state index in [-0.39, 0.29) is 18.9 Å². The molecule has 1 rings (SSSR count). The third-order valence-corrected chi connectivity index (χ3v) is 2.99. The number of hydrogen-bond donors (Lipinski definition) is 3. The Kier molecular flexibility index (Phi) is 5.54. The number of aromatic nitrogens is 1. The van der Waals surface area contributed by atoms with Crippen molar-refractivity contribution < 1.29 is 19.1 Å². The Bertz CT molecular complexity index is 462. The molecule has 3 N–H and O–H groups in total. The molecular weight excluding hydrogens is 262 g/mol. The van der Waals surface area contributed by atoms with Crippen LogP contribution in [-0.2, 0) is 11.3 Å². The van der Waals surface area contributed by atoms with Crippen molar-refractivity contribution >= 4 is 12.0 Å². The van der Waals surface area contributed by atoms with E-state index in [0.717, 1.165) is 5.69 Å². The molecule has 0 aliphatic heterocycles. The Balaban J connectivity index is 2.47. The van der Waals surface area contributed by atoms with Crippen LogP contribution in [0.25, 0.3) is 0 Å². The van der Waals surface area contributed by atoms with E-state index < -0.39 is 18.0 Å². The maximum absolute atomic E-state index is 11.7. The second-order valence-electron chi connectivity index (χ2n) is 5.02. The lowest BCUT2D eigenvalue weighted by atomic mass is 10.0. The number of carbonyl (C=O) groups is 2. The Morgan fingerprint density at radius 1 is 1.35 bits per heavy atom. The largest absolute Gasteiger partial charge is 0.481 e. The minimum atomic E-state index is -0.942. The molecule has 7 heteroatoms. The van der Waals surface area contributed by atoms with Gasteiger partial charge in [0.05, 0.1) is 18.7 Å². The number of aliphatic carboxylic acids is 1. The van der Waals surface area contributed by atoms with Gasteiger partial charge in [0.25, 0.3) is 0 Å². The summed E-state index contributed by atoms with van der Waals surface area (Å²) in [6.45, 7) is 7.50. The van der Waals surface area contributed by atoms with Crippen molar-refractivity contribution in [2.75, 3.05) is 0 Å². The normalized spacial score (nSPS) is 12.2. The summed E-state index contributed by atoms with van der Waals surface area (Å²) in [5.74, 6) is 0.230. The molecule has 0 saturated carbocycles. The number of rotatable bonds is 6. The molecule has 0 aliphatic carbocycles. The fraction of sp³-hybridized carbons (Fsp3) is 0.615. The molecule has 0 fully saturated rings. The van der Waals surface area contributed by atoms with Crippen LogP contribution in [0.4, 0.5) is 4.79 Å². The number of carboxylic acids is 1. The molecule has 1 unspecified atom stereocenters. The maximum Gasteiger partial charge on any atom is 0.315 e. The SMILES string of the molecule is Cc1nc(CNC(=O)NC(CC(=O)O)C(C)C)oc1C. The number of oxazole rings is 1. The van der Waals surface area contributed by atoms with E-state index in [2.05, 4.69) is 15.6 Å². The molecule has 1 atom stereocenters. The van der Waals surface area contributed by atoms with Crippen LogP contribution in [0.2, 0.25) is 0 Å². The molecule has 20 heavy (non-hydrogen) atoms. The van der Waals surface area contributed by atoms with E-state index in [1.807, 2.05) is 20.8 Å². The number of nitrogens with zero attached hydrogens (tertiary/aromatic N) is 1. The number of aryl methyl sites for hydroxylation is 2. The molecule has 0 saturated heterocycles. The van der Waals surface area contributed by atoms with Crippen LogP contribution >= 0.6 is 0 Å². The molecule has 0 aliphatic rings. The average molecular weight is 283 g/mol. The van der Waals surface area contributed by atoms with Gasteiger partial charge in [-0.2, -0.15) is 0 Å². The number of amides is 2. The molecule has 0 aromatic carbocycles. The van der Waals surface area contributed by atoms with E-state index in [4.69, 9.17) is 9.52 Å². The standard InChI is InChI=1S/C13H21N3O4/c1-7(2)10(5-12(17)18)16-13(19)14-6-11-15-8(3)9(4)20-11/h7,10H,5-6H2,1-4H3,(H,17,18)(H2,14,16,19). The van der Waals surface area contributed by atoms with Crippen molar-refractivity contribution in [2.45, 2.75) is 46.7 Å². The molecule has 0 bridgehead atoms. The van der Waals surface area contributed by atoms with Crippen LogP contribution in [0.5, 0.6) is 0 Å². The van der Waals surface area contributed by atoms with Crippen LogP contribution in [-0.4, -0.2) is 28.1 Å². The smallest absolute Gasteiger partial charge is 0.315 e. The highest BCUT2D eigenvalue weighted by molar-refractivity contribution is 5.75. The Morgan fingerprint density at radius 3 is 2.45 bits per heavy atom. The fourth-order valence-electron chi connectivity index (χ4n) is 1.63. The van der Waals surface area contributed by atoms with Gasteiger partial charge in [-0.25, -0.2) is 9.78 Å². The first kappa shape index (κ1) is 16.0. The van der Waals surface area contributed by atoms with Gasteiger partial charge in [0, 0.05) is 6.04 Å². The predicted octanol–water partition coefficient (Wildman–Crippen LogP) is 1.59. The Hall–Kier alpha value is -2.05. The monoisotopic (exact) mass is 283 g/mol. The quantitative estimate of drug-likeness (QED) is 0.735. The van der Waals surface area contributed by atoms with Gasteiger partial charge >= 0.3 is 12.0 Å². The summed E-state index contributed by atoms with van der Waals surface area (Å²) in [7, 11) is 0. The minimum absolute atomic E-state index is 0.0306. The summed E-state index contributed by atoms with van der Waals surface area (Å²) in [5, 5.41) is 14.0. The molecule has 1 aromatic heterocycles. The zero-order valence-corrected chi connectivity index (χ0v) is 12.2. The van der Waals surface area contributed by atoms with E-state index >= 15 is 0 Å². The van der Waals surface area contributed by atoms with E-state index in [1.165, 1.54) is 0 Å².